The molecule has 0 aliphatic rings. The summed E-state index contributed by atoms with van der Waals surface area (Å²) in [6.45, 7) is 0.529. The van der Waals surface area contributed by atoms with E-state index in [4.69, 9.17) is 0 Å². The van der Waals surface area contributed by atoms with Gasteiger partial charge in [0.05, 0.1) is 5.69 Å². The molecule has 19 heavy (non-hydrogen) atoms. The van der Waals surface area contributed by atoms with E-state index in [0.29, 0.717) is 24.1 Å². The summed E-state index contributed by atoms with van der Waals surface area (Å²) in [5, 5.41) is 0. The molecule has 2 aromatic rings. The van der Waals surface area contributed by atoms with Gasteiger partial charge < -0.3 is 4.90 Å². The molecule has 0 aromatic heterocycles. The second-order valence-corrected chi connectivity index (χ2v) is 5.20. The zero-order chi connectivity index (χ0) is 13.8. The van der Waals surface area contributed by atoms with E-state index < -0.39 is 0 Å². The molecule has 0 amide bonds. The fourth-order valence-corrected chi connectivity index (χ4v) is 2.46. The number of halogens is 2. The predicted molar refractivity (Wildman–Crippen MR) is 78.0 cm³/mol. The second kappa shape index (κ2) is 5.97. The van der Waals surface area contributed by atoms with Crippen LogP contribution in [0.2, 0.25) is 0 Å². The lowest BCUT2D eigenvalue weighted by molar-refractivity contribution is 0.112. The minimum absolute atomic E-state index is 0.331. The molecular weight excluding hydrogens is 309 g/mol. The third kappa shape index (κ3) is 3.20. The number of benzene rings is 2. The molecule has 0 unspecified atom stereocenters. The molecular formula is C15H13BrFNO. The molecule has 0 aliphatic heterocycles. The van der Waals surface area contributed by atoms with Crippen LogP contribution in [0.5, 0.6) is 0 Å². The minimum Gasteiger partial charge on any atom is -0.367 e. The summed E-state index contributed by atoms with van der Waals surface area (Å²) >= 11 is 3.40. The number of hydrogen-bond acceptors (Lipinski definition) is 2. The van der Waals surface area contributed by atoms with Crippen molar-refractivity contribution in [1.29, 1.82) is 0 Å². The lowest BCUT2D eigenvalue weighted by atomic mass is 10.1. The van der Waals surface area contributed by atoms with Crippen LogP contribution in [0.25, 0.3) is 0 Å². The molecule has 0 N–H and O–H groups in total. The molecule has 0 fully saturated rings. The van der Waals surface area contributed by atoms with Gasteiger partial charge in [-0.15, -0.1) is 0 Å². The Hall–Kier alpha value is -1.68. The molecule has 0 saturated carbocycles. The van der Waals surface area contributed by atoms with Crippen molar-refractivity contribution < 1.29 is 9.18 Å². The van der Waals surface area contributed by atoms with Crippen LogP contribution in [0, 0.1) is 5.82 Å². The van der Waals surface area contributed by atoms with Gasteiger partial charge in [-0.25, -0.2) is 4.39 Å². The molecule has 0 spiro atoms. The Labute approximate surface area is 120 Å². The summed E-state index contributed by atoms with van der Waals surface area (Å²) in [4.78, 5) is 12.7. The summed E-state index contributed by atoms with van der Waals surface area (Å²) in [5.74, 6) is -0.387. The highest BCUT2D eigenvalue weighted by Crippen LogP contribution is 2.24. The zero-order valence-corrected chi connectivity index (χ0v) is 12.0. The Morgan fingerprint density at radius 1 is 1.26 bits per heavy atom. The Morgan fingerprint density at radius 2 is 2.00 bits per heavy atom. The molecule has 2 nitrogen and oxygen atoms in total. The van der Waals surface area contributed by atoms with Crippen molar-refractivity contribution in [3.8, 4) is 0 Å². The van der Waals surface area contributed by atoms with Crippen molar-refractivity contribution in [3.63, 3.8) is 0 Å². The first-order chi connectivity index (χ1) is 9.11. The van der Waals surface area contributed by atoms with Gasteiger partial charge in [0.15, 0.2) is 6.29 Å². The predicted octanol–water partition coefficient (Wildman–Crippen LogP) is 4.04. The quantitative estimate of drug-likeness (QED) is 0.792. The fraction of sp³-hybridized carbons (Fsp3) is 0.133. The van der Waals surface area contributed by atoms with E-state index in [1.54, 1.807) is 18.0 Å². The Balaban J connectivity index is 2.30. The molecule has 0 heterocycles. The summed E-state index contributed by atoms with van der Waals surface area (Å²) in [6, 6.07) is 12.3. The van der Waals surface area contributed by atoms with Crippen LogP contribution in [0.4, 0.5) is 10.1 Å². The first-order valence-corrected chi connectivity index (χ1v) is 6.60. The largest absolute Gasteiger partial charge is 0.367 e. The lowest BCUT2D eigenvalue weighted by Gasteiger charge is -2.21. The summed E-state index contributed by atoms with van der Waals surface area (Å²) in [5.41, 5.74) is 1.73. The molecule has 4 heteroatoms. The normalized spacial score (nSPS) is 10.3. The van der Waals surface area contributed by atoms with Gasteiger partial charge in [-0.3, -0.25) is 4.79 Å². The average molecular weight is 322 g/mol. The van der Waals surface area contributed by atoms with Crippen molar-refractivity contribution in [2.45, 2.75) is 6.54 Å². The van der Waals surface area contributed by atoms with E-state index in [0.717, 1.165) is 10.0 Å². The maximum atomic E-state index is 13.9. The van der Waals surface area contributed by atoms with Crippen LogP contribution in [-0.4, -0.2) is 13.3 Å². The molecule has 0 aliphatic carbocycles. The van der Waals surface area contributed by atoms with Crippen LogP contribution >= 0.6 is 15.9 Å². The number of aldehydes is 1. The number of anilines is 1. The molecule has 98 valence electrons. The first kappa shape index (κ1) is 13.7. The number of hydrogen-bond donors (Lipinski definition) is 0. The number of carbonyl (C=O) groups is 1. The van der Waals surface area contributed by atoms with E-state index in [1.807, 2.05) is 24.3 Å². The average Bonchev–Trinajstić information content (AvgIpc) is 2.38. The van der Waals surface area contributed by atoms with Crippen molar-refractivity contribution in [2.24, 2.45) is 0 Å². The van der Waals surface area contributed by atoms with E-state index in [9.17, 15) is 9.18 Å². The maximum Gasteiger partial charge on any atom is 0.152 e. The molecule has 2 aromatic carbocycles. The summed E-state index contributed by atoms with van der Waals surface area (Å²) in [6.07, 6.45) is 0.676. The van der Waals surface area contributed by atoms with Gasteiger partial charge in [0.1, 0.15) is 5.82 Å². The van der Waals surface area contributed by atoms with Crippen LogP contribution in [-0.2, 0) is 6.54 Å². The van der Waals surface area contributed by atoms with Crippen LogP contribution in [0.15, 0.2) is 46.9 Å². The van der Waals surface area contributed by atoms with Crippen molar-refractivity contribution in [2.75, 3.05) is 11.9 Å². The van der Waals surface area contributed by atoms with E-state index in [2.05, 4.69) is 15.9 Å². The summed E-state index contributed by atoms with van der Waals surface area (Å²) < 4.78 is 14.8. The Kier molecular flexibility index (Phi) is 4.32. The highest BCUT2D eigenvalue weighted by atomic mass is 79.9. The zero-order valence-electron chi connectivity index (χ0n) is 10.4. The number of carbonyl (C=O) groups excluding carboxylic acids is 1. The third-order valence-electron chi connectivity index (χ3n) is 2.84. The van der Waals surface area contributed by atoms with Crippen LogP contribution in [0.1, 0.15) is 15.9 Å². The Morgan fingerprint density at radius 3 is 2.68 bits per heavy atom. The monoisotopic (exact) mass is 321 g/mol. The minimum atomic E-state index is -0.387. The first-order valence-electron chi connectivity index (χ1n) is 5.81. The van der Waals surface area contributed by atoms with Gasteiger partial charge in [0.25, 0.3) is 0 Å². The highest BCUT2D eigenvalue weighted by Gasteiger charge is 2.12. The van der Waals surface area contributed by atoms with Crippen molar-refractivity contribution >= 4 is 27.9 Å². The number of rotatable bonds is 4. The van der Waals surface area contributed by atoms with E-state index >= 15 is 0 Å². The fourth-order valence-electron chi connectivity index (χ4n) is 2.02. The molecule has 0 atom stereocenters. The topological polar surface area (TPSA) is 20.3 Å². The third-order valence-corrected chi connectivity index (χ3v) is 3.33. The van der Waals surface area contributed by atoms with Crippen LogP contribution < -0.4 is 4.90 Å². The van der Waals surface area contributed by atoms with Gasteiger partial charge in [-0.2, -0.15) is 0 Å². The van der Waals surface area contributed by atoms with E-state index in [-0.39, 0.29) is 5.82 Å². The maximum absolute atomic E-state index is 13.9. The Bertz CT molecular complexity index is 600. The molecule has 0 bridgehead atoms. The van der Waals surface area contributed by atoms with Gasteiger partial charge >= 0.3 is 0 Å². The molecule has 2 rings (SSSR count). The highest BCUT2D eigenvalue weighted by molar-refractivity contribution is 9.10. The number of para-hydroxylation sites is 1. The van der Waals surface area contributed by atoms with Gasteiger partial charge in [0, 0.05) is 23.6 Å². The van der Waals surface area contributed by atoms with Gasteiger partial charge in [0.2, 0.25) is 0 Å². The second-order valence-electron chi connectivity index (χ2n) is 4.28. The summed E-state index contributed by atoms with van der Waals surface area (Å²) in [7, 11) is 1.77. The SMILES string of the molecule is CN(Cc1cccc(Br)c1)c1c(F)cccc1C=O. The van der Waals surface area contributed by atoms with Crippen molar-refractivity contribution in [1.82, 2.24) is 0 Å². The van der Waals surface area contributed by atoms with E-state index in [1.165, 1.54) is 12.1 Å². The standard InChI is InChI=1S/C15H13BrFNO/c1-18(9-11-4-2-6-13(16)8-11)15-12(10-19)5-3-7-14(15)17/h2-8,10H,9H2,1H3. The van der Waals surface area contributed by atoms with Crippen LogP contribution in [0.3, 0.4) is 0 Å². The lowest BCUT2D eigenvalue weighted by Crippen LogP contribution is -2.19. The van der Waals surface area contributed by atoms with Crippen molar-refractivity contribution in [3.05, 3.63) is 63.9 Å². The van der Waals surface area contributed by atoms with Gasteiger partial charge in [-0.05, 0) is 29.8 Å². The molecule has 0 saturated heterocycles. The molecule has 0 radical (unpaired) electrons. The number of nitrogens with zero attached hydrogens (tertiary/aromatic N) is 1. The smallest absolute Gasteiger partial charge is 0.152 e. The van der Waals surface area contributed by atoms with Gasteiger partial charge in [-0.1, -0.05) is 34.1 Å².